The maximum Gasteiger partial charge on any atom is 0.119 e. The third kappa shape index (κ3) is 2.28. The van der Waals surface area contributed by atoms with Crippen molar-refractivity contribution in [3.05, 3.63) is 48.5 Å². The highest BCUT2D eigenvalue weighted by Crippen LogP contribution is 2.24. The summed E-state index contributed by atoms with van der Waals surface area (Å²) < 4.78 is 5.18. The fraction of sp³-hybridized carbons (Fsp3) is 0.0769. The Morgan fingerprint density at radius 3 is 2.33 bits per heavy atom. The smallest absolute Gasteiger partial charge is 0.119 e. The first-order valence-electron chi connectivity index (χ1n) is 4.71. The van der Waals surface area contributed by atoms with E-state index in [1.165, 1.54) is 0 Å². The molecule has 0 aliphatic heterocycles. The van der Waals surface area contributed by atoms with Gasteiger partial charge in [-0.1, -0.05) is 36.9 Å². The van der Waals surface area contributed by atoms with Gasteiger partial charge < -0.3 is 4.74 Å². The zero-order chi connectivity index (χ0) is 10.7. The van der Waals surface area contributed by atoms with Crippen molar-refractivity contribution in [1.82, 2.24) is 0 Å². The van der Waals surface area contributed by atoms with Crippen LogP contribution in [0, 0.1) is 0 Å². The molecule has 0 aromatic heterocycles. The van der Waals surface area contributed by atoms with Crippen LogP contribution >= 0.6 is 12.6 Å². The van der Waals surface area contributed by atoms with Crippen molar-refractivity contribution in [2.24, 2.45) is 0 Å². The van der Waals surface area contributed by atoms with Gasteiger partial charge in [-0.25, -0.2) is 0 Å². The summed E-state index contributed by atoms with van der Waals surface area (Å²) in [5.41, 5.74) is 2.30. The Morgan fingerprint density at radius 2 is 1.67 bits per heavy atom. The van der Waals surface area contributed by atoms with Crippen LogP contribution in [0.2, 0.25) is 0 Å². The lowest BCUT2D eigenvalue weighted by molar-refractivity contribution is 0.415. The number of benzene rings is 2. The zero-order valence-electron chi connectivity index (χ0n) is 8.44. The fourth-order valence-corrected chi connectivity index (χ4v) is 1.59. The second kappa shape index (κ2) is 4.32. The second-order valence-corrected chi connectivity index (χ2v) is 3.73. The fourth-order valence-electron chi connectivity index (χ4n) is 1.45. The van der Waals surface area contributed by atoms with Gasteiger partial charge in [-0.3, -0.25) is 0 Å². The normalized spacial score (nSPS) is 9.93. The minimum atomic E-state index is 0.863. The van der Waals surface area contributed by atoms with Crippen molar-refractivity contribution in [2.45, 2.75) is 4.90 Å². The van der Waals surface area contributed by atoms with E-state index < -0.39 is 0 Å². The van der Waals surface area contributed by atoms with Gasteiger partial charge in [0.2, 0.25) is 0 Å². The molecule has 0 aliphatic carbocycles. The third-order valence-corrected chi connectivity index (χ3v) is 2.53. The molecule has 2 heteroatoms. The summed E-state index contributed by atoms with van der Waals surface area (Å²) in [6.07, 6.45) is 0. The average Bonchev–Trinajstić information content (AvgIpc) is 2.30. The van der Waals surface area contributed by atoms with Crippen LogP contribution in [0.3, 0.4) is 0 Å². The molecule has 0 saturated heterocycles. The van der Waals surface area contributed by atoms with Crippen LogP contribution in [0.25, 0.3) is 11.1 Å². The molecule has 1 radical (unpaired) electrons. The highest BCUT2D eigenvalue weighted by atomic mass is 32.1. The van der Waals surface area contributed by atoms with Crippen molar-refractivity contribution in [1.29, 1.82) is 0 Å². The summed E-state index contributed by atoms with van der Waals surface area (Å²) in [4.78, 5) is 0.863. The Morgan fingerprint density at radius 1 is 0.933 bits per heavy atom. The topological polar surface area (TPSA) is 9.23 Å². The van der Waals surface area contributed by atoms with Crippen molar-refractivity contribution in [2.75, 3.05) is 7.11 Å². The van der Waals surface area contributed by atoms with Crippen LogP contribution in [0.5, 0.6) is 5.75 Å². The van der Waals surface area contributed by atoms with E-state index in [4.69, 9.17) is 17.4 Å². The monoisotopic (exact) mass is 215 g/mol. The van der Waals surface area contributed by atoms with Gasteiger partial charge in [-0.15, -0.1) is 0 Å². The molecule has 2 rings (SSSR count). The van der Waals surface area contributed by atoms with E-state index in [-0.39, 0.29) is 0 Å². The molecule has 75 valence electrons. The number of hydrogen-bond acceptors (Lipinski definition) is 1. The molecule has 0 unspecified atom stereocenters. The first-order chi connectivity index (χ1) is 7.29. The highest BCUT2D eigenvalue weighted by molar-refractivity contribution is 7.80. The Balaban J connectivity index is 2.40. The van der Waals surface area contributed by atoms with Gasteiger partial charge >= 0.3 is 0 Å². The molecule has 0 spiro atoms. The van der Waals surface area contributed by atoms with Gasteiger partial charge in [-0.2, -0.15) is 0 Å². The van der Waals surface area contributed by atoms with Crippen molar-refractivity contribution >= 4 is 12.6 Å². The third-order valence-electron chi connectivity index (χ3n) is 2.26. The summed E-state index contributed by atoms with van der Waals surface area (Å²) in [5.74, 6) is 0.870. The maximum atomic E-state index is 5.18. The molecule has 15 heavy (non-hydrogen) atoms. The average molecular weight is 215 g/mol. The molecule has 2 aromatic rings. The van der Waals surface area contributed by atoms with E-state index in [9.17, 15) is 0 Å². The van der Waals surface area contributed by atoms with Gasteiger partial charge in [0.05, 0.1) is 7.11 Å². The van der Waals surface area contributed by atoms with Crippen LogP contribution in [-0.2, 0) is 0 Å². The molecule has 0 N–H and O–H groups in total. The highest BCUT2D eigenvalue weighted by Gasteiger charge is 1.98. The lowest BCUT2D eigenvalue weighted by Crippen LogP contribution is -1.83. The van der Waals surface area contributed by atoms with Gasteiger partial charge in [0.15, 0.2) is 0 Å². The first kappa shape index (κ1) is 9.99. The molecule has 0 fully saturated rings. The first-order valence-corrected chi connectivity index (χ1v) is 5.12. The Kier molecular flexibility index (Phi) is 2.88. The largest absolute Gasteiger partial charge is 0.497 e. The molecule has 0 amide bonds. The molecule has 0 saturated carbocycles. The van der Waals surface area contributed by atoms with Gasteiger partial charge in [0.25, 0.3) is 0 Å². The zero-order valence-corrected chi connectivity index (χ0v) is 9.25. The summed E-state index contributed by atoms with van der Waals surface area (Å²) in [6.45, 7) is 0. The minimum Gasteiger partial charge on any atom is -0.497 e. The van der Waals surface area contributed by atoms with Gasteiger partial charge in [0, 0.05) is 4.90 Å². The van der Waals surface area contributed by atoms with Crippen molar-refractivity contribution < 1.29 is 4.74 Å². The van der Waals surface area contributed by atoms with E-state index in [0.29, 0.717) is 0 Å². The number of ether oxygens (including phenoxy) is 1. The molecule has 2 aromatic carbocycles. The van der Waals surface area contributed by atoms with Gasteiger partial charge in [-0.05, 0) is 35.4 Å². The van der Waals surface area contributed by atoms with E-state index in [1.807, 2.05) is 42.5 Å². The predicted octanol–water partition coefficient (Wildman–Crippen LogP) is 3.92. The van der Waals surface area contributed by atoms with Crippen molar-refractivity contribution in [3.8, 4) is 16.9 Å². The van der Waals surface area contributed by atoms with Crippen LogP contribution < -0.4 is 4.74 Å². The SMILES string of the molecule is COc1cccc(-c2ccc([S])cc2)c1. The molecule has 0 heterocycles. The van der Waals surface area contributed by atoms with Crippen LogP contribution in [0.1, 0.15) is 0 Å². The molecular formula is C13H11OS. The quantitative estimate of drug-likeness (QED) is 0.737. The van der Waals surface area contributed by atoms with Crippen molar-refractivity contribution in [3.63, 3.8) is 0 Å². The predicted molar refractivity (Wildman–Crippen MR) is 64.3 cm³/mol. The van der Waals surface area contributed by atoms with E-state index in [2.05, 4.69) is 6.07 Å². The summed E-state index contributed by atoms with van der Waals surface area (Å²) in [6, 6.07) is 15.9. The van der Waals surface area contributed by atoms with E-state index in [0.717, 1.165) is 21.8 Å². The number of methoxy groups -OCH3 is 1. The maximum absolute atomic E-state index is 5.18. The molecular weight excluding hydrogens is 204 g/mol. The van der Waals surface area contributed by atoms with Gasteiger partial charge in [0.1, 0.15) is 5.75 Å². The molecule has 1 nitrogen and oxygen atoms in total. The van der Waals surface area contributed by atoms with Crippen LogP contribution in [-0.4, -0.2) is 7.11 Å². The lowest BCUT2D eigenvalue weighted by Gasteiger charge is -2.04. The summed E-state index contributed by atoms with van der Waals surface area (Å²) >= 11 is 5.05. The second-order valence-electron chi connectivity index (χ2n) is 3.26. The molecule has 0 aliphatic rings. The Hall–Kier alpha value is -1.54. The van der Waals surface area contributed by atoms with Crippen LogP contribution in [0.4, 0.5) is 0 Å². The molecule has 0 bridgehead atoms. The Bertz CT molecular complexity index is 448. The number of rotatable bonds is 2. The van der Waals surface area contributed by atoms with E-state index >= 15 is 0 Å². The lowest BCUT2D eigenvalue weighted by atomic mass is 10.1. The summed E-state index contributed by atoms with van der Waals surface area (Å²) in [5, 5.41) is 0. The minimum absolute atomic E-state index is 0.863. The standard InChI is InChI=1S/C13H11OS/c1-14-12-4-2-3-11(9-12)10-5-7-13(15)8-6-10/h2-9H,1H3. The van der Waals surface area contributed by atoms with Crippen LogP contribution in [0.15, 0.2) is 53.4 Å². The van der Waals surface area contributed by atoms with E-state index in [1.54, 1.807) is 7.11 Å². The number of hydrogen-bond donors (Lipinski definition) is 0. The summed E-state index contributed by atoms with van der Waals surface area (Å²) in [7, 11) is 1.67. The molecule has 0 atom stereocenters. The Labute approximate surface area is 95.1 Å².